The molecule has 0 unspecified atom stereocenters. The zero-order chi connectivity index (χ0) is 19.3. The lowest BCUT2D eigenvalue weighted by molar-refractivity contribution is -0.184. The Morgan fingerprint density at radius 3 is 1.46 bits per heavy atom. The minimum atomic E-state index is -1.07. The van der Waals surface area contributed by atoms with Gasteiger partial charge in [-0.05, 0) is 35.8 Å². The zero-order valence-corrected chi connectivity index (χ0v) is 15.7. The van der Waals surface area contributed by atoms with Crippen LogP contribution < -0.4 is 0 Å². The molecule has 0 aromatic heterocycles. The van der Waals surface area contributed by atoms with E-state index in [0.29, 0.717) is 25.7 Å². The topological polar surface area (TPSA) is 86.7 Å². The summed E-state index contributed by atoms with van der Waals surface area (Å²) in [5.41, 5.74) is 1.65. The quantitative estimate of drug-likeness (QED) is 0.673. The third kappa shape index (κ3) is 1.04. The molecule has 6 heteroatoms. The summed E-state index contributed by atoms with van der Waals surface area (Å²) in [6, 6.07) is 0. The van der Waals surface area contributed by atoms with E-state index in [2.05, 4.69) is 0 Å². The lowest BCUT2D eigenvalue weighted by Crippen LogP contribution is -2.61. The summed E-state index contributed by atoms with van der Waals surface area (Å²) in [7, 11) is 2.74. The van der Waals surface area contributed by atoms with Gasteiger partial charge >= 0.3 is 11.9 Å². The molecule has 6 nitrogen and oxygen atoms in total. The molecular weight excluding hydrogens is 360 g/mol. The van der Waals surface area contributed by atoms with Crippen molar-refractivity contribution in [3.05, 3.63) is 22.3 Å². The summed E-state index contributed by atoms with van der Waals surface area (Å²) in [4.78, 5) is 52.6. The van der Waals surface area contributed by atoms with E-state index < -0.39 is 10.8 Å². The van der Waals surface area contributed by atoms with E-state index in [-0.39, 0.29) is 59.0 Å². The van der Waals surface area contributed by atoms with Gasteiger partial charge in [-0.15, -0.1) is 0 Å². The van der Waals surface area contributed by atoms with E-state index in [9.17, 15) is 19.2 Å². The SMILES string of the molecule is COC(=O)[C@]12[C@@H]3C4=C(CCC4=O)[C@@H]4[C@@H]3[C@H]3[C@@H]1C1=C(C(=O)CC1)[C@@H]3[C@@]42C(=O)OC. The van der Waals surface area contributed by atoms with Gasteiger partial charge in [-0.2, -0.15) is 0 Å². The van der Waals surface area contributed by atoms with Gasteiger partial charge in [0.2, 0.25) is 0 Å². The standard InChI is InChI=1S/C22H20O6/c1-27-19(25)21-15-7-3-5-10(24)12(7)18-13(15)14-16(22(18,21)20(26)28-2)8-4-6-9(23)11(8)17(14)21/h13-18H,3-6H2,1-2H3/t13-,14-,15-,16+,17+,18-,21+,22+/m0/s1. The third-order valence-corrected chi connectivity index (χ3v) is 9.59. The van der Waals surface area contributed by atoms with Crippen LogP contribution in [0.25, 0.3) is 0 Å². The van der Waals surface area contributed by atoms with E-state index in [1.165, 1.54) is 14.2 Å². The lowest BCUT2D eigenvalue weighted by Gasteiger charge is -2.51. The van der Waals surface area contributed by atoms with Crippen LogP contribution in [0.4, 0.5) is 0 Å². The molecule has 0 saturated heterocycles. The molecule has 8 aliphatic carbocycles. The van der Waals surface area contributed by atoms with Crippen molar-refractivity contribution in [2.45, 2.75) is 25.7 Å². The highest BCUT2D eigenvalue weighted by atomic mass is 16.5. The van der Waals surface area contributed by atoms with E-state index in [1.807, 2.05) is 0 Å². The van der Waals surface area contributed by atoms with Crippen molar-refractivity contribution in [3.63, 3.8) is 0 Å². The molecule has 0 radical (unpaired) electrons. The van der Waals surface area contributed by atoms with Crippen LogP contribution >= 0.6 is 0 Å². The highest BCUT2D eigenvalue weighted by Crippen LogP contribution is 2.95. The van der Waals surface area contributed by atoms with Crippen molar-refractivity contribution in [2.75, 3.05) is 14.2 Å². The highest BCUT2D eigenvalue weighted by Gasteiger charge is 2.98. The number of rotatable bonds is 2. The molecule has 8 aliphatic rings. The van der Waals surface area contributed by atoms with Crippen LogP contribution in [-0.4, -0.2) is 37.7 Å². The molecule has 0 heterocycles. The van der Waals surface area contributed by atoms with E-state index in [4.69, 9.17) is 9.47 Å². The Hall–Kier alpha value is -2.24. The fourth-order valence-electron chi connectivity index (χ4n) is 9.73. The number of ketones is 2. The number of hydrogen-bond acceptors (Lipinski definition) is 6. The van der Waals surface area contributed by atoms with Crippen LogP contribution in [0.15, 0.2) is 22.3 Å². The van der Waals surface area contributed by atoms with Crippen molar-refractivity contribution in [1.82, 2.24) is 0 Å². The molecule has 0 aromatic rings. The summed E-state index contributed by atoms with van der Waals surface area (Å²) in [6.45, 7) is 0. The zero-order valence-electron chi connectivity index (χ0n) is 15.7. The van der Waals surface area contributed by atoms with Gasteiger partial charge < -0.3 is 9.47 Å². The average Bonchev–Trinajstić information content (AvgIpc) is 3.49. The Morgan fingerprint density at radius 2 is 1.11 bits per heavy atom. The minimum Gasteiger partial charge on any atom is -0.469 e. The molecule has 8 atom stereocenters. The fourth-order valence-corrected chi connectivity index (χ4v) is 9.73. The first-order valence-corrected chi connectivity index (χ1v) is 10.2. The number of carbonyl (C=O) groups is 4. The fraction of sp³-hybridized carbons (Fsp3) is 0.636. The van der Waals surface area contributed by atoms with Gasteiger partial charge in [0.1, 0.15) is 0 Å². The minimum absolute atomic E-state index is 0.0841. The molecule has 8 bridgehead atoms. The van der Waals surface area contributed by atoms with Crippen molar-refractivity contribution >= 4 is 23.5 Å². The van der Waals surface area contributed by atoms with Crippen LogP contribution in [0.2, 0.25) is 0 Å². The predicted octanol–water partition coefficient (Wildman–Crippen LogP) is 1.39. The molecule has 28 heavy (non-hydrogen) atoms. The van der Waals surface area contributed by atoms with Gasteiger partial charge in [0.05, 0.1) is 25.0 Å². The number of Topliss-reactive ketones (excluding diaryl/α,β-unsaturated/α-hetero) is 2. The molecule has 0 aromatic carbocycles. The van der Waals surface area contributed by atoms with Crippen LogP contribution in [0.1, 0.15) is 25.7 Å². The maximum absolute atomic E-state index is 13.5. The van der Waals surface area contributed by atoms with Crippen molar-refractivity contribution in [1.29, 1.82) is 0 Å². The smallest absolute Gasteiger partial charge is 0.314 e. The van der Waals surface area contributed by atoms with Crippen molar-refractivity contribution < 1.29 is 28.7 Å². The van der Waals surface area contributed by atoms with Gasteiger partial charge in [0.15, 0.2) is 11.6 Å². The van der Waals surface area contributed by atoms with E-state index in [0.717, 1.165) is 22.3 Å². The largest absolute Gasteiger partial charge is 0.469 e. The third-order valence-electron chi connectivity index (χ3n) is 9.59. The number of methoxy groups -OCH3 is 2. The second-order valence-corrected chi connectivity index (χ2v) is 9.51. The van der Waals surface area contributed by atoms with Gasteiger partial charge in [-0.1, -0.05) is 11.1 Å². The highest BCUT2D eigenvalue weighted by molar-refractivity contribution is 6.09. The van der Waals surface area contributed by atoms with Crippen molar-refractivity contribution in [2.24, 2.45) is 46.3 Å². The Balaban J connectivity index is 1.60. The monoisotopic (exact) mass is 380 g/mol. The summed E-state index contributed by atoms with van der Waals surface area (Å²) >= 11 is 0. The second kappa shape index (κ2) is 4.19. The first-order valence-electron chi connectivity index (χ1n) is 10.2. The molecule has 4 saturated carbocycles. The Labute approximate surface area is 161 Å². The van der Waals surface area contributed by atoms with Crippen LogP contribution in [0, 0.1) is 46.3 Å². The van der Waals surface area contributed by atoms with E-state index >= 15 is 0 Å². The van der Waals surface area contributed by atoms with E-state index in [1.54, 1.807) is 0 Å². The molecule has 8 rings (SSSR count). The van der Waals surface area contributed by atoms with Gasteiger partial charge in [-0.25, -0.2) is 0 Å². The lowest BCUT2D eigenvalue weighted by atomic mass is 9.48. The number of ether oxygens (including phenoxy) is 2. The molecule has 0 amide bonds. The first-order chi connectivity index (χ1) is 13.5. The van der Waals surface area contributed by atoms with Gasteiger partial charge in [0.25, 0.3) is 0 Å². The maximum atomic E-state index is 13.5. The first kappa shape index (κ1) is 15.7. The molecule has 0 N–H and O–H groups in total. The normalized spacial score (nSPS) is 50.4. The second-order valence-electron chi connectivity index (χ2n) is 9.51. The molecule has 0 spiro atoms. The Kier molecular flexibility index (Phi) is 2.34. The summed E-state index contributed by atoms with van der Waals surface area (Å²) < 4.78 is 10.7. The molecule has 144 valence electrons. The van der Waals surface area contributed by atoms with Gasteiger partial charge in [0, 0.05) is 36.5 Å². The average molecular weight is 380 g/mol. The number of esters is 2. The van der Waals surface area contributed by atoms with Crippen LogP contribution in [0.5, 0.6) is 0 Å². The number of carbonyl (C=O) groups excluding carboxylic acids is 4. The molecule has 4 fully saturated rings. The number of allylic oxidation sites excluding steroid dienone is 4. The summed E-state index contributed by atoms with van der Waals surface area (Å²) in [6.07, 6.45) is 2.27. The Morgan fingerprint density at radius 1 is 0.714 bits per heavy atom. The molecule has 0 aliphatic heterocycles. The molecular formula is C22H20O6. The van der Waals surface area contributed by atoms with Crippen LogP contribution in [0.3, 0.4) is 0 Å². The van der Waals surface area contributed by atoms with Crippen molar-refractivity contribution in [3.8, 4) is 0 Å². The maximum Gasteiger partial charge on any atom is 0.314 e. The summed E-state index contributed by atoms with van der Waals surface area (Å²) in [5, 5.41) is 0. The number of hydrogen-bond donors (Lipinski definition) is 0. The Bertz CT molecular complexity index is 950. The predicted molar refractivity (Wildman–Crippen MR) is 92.4 cm³/mol. The van der Waals surface area contributed by atoms with Crippen LogP contribution in [-0.2, 0) is 28.7 Å². The van der Waals surface area contributed by atoms with Gasteiger partial charge in [-0.3, -0.25) is 19.2 Å². The summed E-state index contributed by atoms with van der Waals surface area (Å²) in [5.74, 6) is -1.14.